The number of methoxy groups -OCH3 is 2. The Labute approximate surface area is 122 Å². The van der Waals surface area contributed by atoms with Crippen molar-refractivity contribution >= 4 is 5.69 Å². The molecule has 1 aromatic rings. The van der Waals surface area contributed by atoms with Gasteiger partial charge in [-0.3, -0.25) is 0 Å². The van der Waals surface area contributed by atoms with E-state index in [9.17, 15) is 0 Å². The largest absolute Gasteiger partial charge is 0.377 e. The number of hydrogen-bond donors (Lipinski definition) is 1. The molecule has 0 bridgehead atoms. The zero-order valence-electron chi connectivity index (χ0n) is 12.9. The molecule has 0 amide bonds. The molecule has 1 aliphatic rings. The minimum absolute atomic E-state index is 0.141. The second-order valence-corrected chi connectivity index (χ2v) is 5.26. The molecule has 1 aliphatic heterocycles. The lowest BCUT2D eigenvalue weighted by Crippen LogP contribution is -2.27. The number of anilines is 1. The molecule has 1 aromatic carbocycles. The molecule has 0 saturated carbocycles. The number of ether oxygens (including phenoxy) is 2. The molecule has 112 valence electrons. The Kier molecular flexibility index (Phi) is 5.40. The average molecular weight is 278 g/mol. The van der Waals surface area contributed by atoms with E-state index < -0.39 is 0 Å². The Balaban J connectivity index is 2.25. The molecule has 4 nitrogen and oxygen atoms in total. The van der Waals surface area contributed by atoms with Crippen molar-refractivity contribution in [2.75, 3.05) is 39.3 Å². The molecule has 3 atom stereocenters. The van der Waals surface area contributed by atoms with Crippen LogP contribution in [0.2, 0.25) is 0 Å². The van der Waals surface area contributed by atoms with Crippen molar-refractivity contribution < 1.29 is 9.47 Å². The highest BCUT2D eigenvalue weighted by Gasteiger charge is 2.34. The fourth-order valence-corrected chi connectivity index (χ4v) is 3.04. The standard InChI is InChI=1S/C16H26N2O2/c1-5-13(17-2)12-8-6-7-9-14(12)18-10-15(19-3)16(11-18)20-4/h6-9,13,15-17H,5,10-11H2,1-4H3. The van der Waals surface area contributed by atoms with Gasteiger partial charge in [-0.25, -0.2) is 0 Å². The summed E-state index contributed by atoms with van der Waals surface area (Å²) in [5.41, 5.74) is 2.64. The maximum Gasteiger partial charge on any atom is 0.102 e. The third-order valence-electron chi connectivity index (χ3n) is 4.23. The molecule has 2 rings (SSSR count). The van der Waals surface area contributed by atoms with Crippen molar-refractivity contribution in [1.29, 1.82) is 0 Å². The third-order valence-corrected chi connectivity index (χ3v) is 4.23. The van der Waals surface area contributed by atoms with Crippen LogP contribution in [0.15, 0.2) is 24.3 Å². The molecular formula is C16H26N2O2. The van der Waals surface area contributed by atoms with Gasteiger partial charge in [0, 0.05) is 39.0 Å². The fraction of sp³-hybridized carbons (Fsp3) is 0.625. The molecule has 1 fully saturated rings. The summed E-state index contributed by atoms with van der Waals surface area (Å²) < 4.78 is 11.1. The van der Waals surface area contributed by atoms with Crippen LogP contribution in [-0.4, -0.2) is 46.6 Å². The van der Waals surface area contributed by atoms with E-state index in [1.807, 2.05) is 7.05 Å². The summed E-state index contributed by atoms with van der Waals surface area (Å²) in [5.74, 6) is 0. The predicted octanol–water partition coefficient (Wildman–Crippen LogP) is 2.21. The fourth-order valence-electron chi connectivity index (χ4n) is 3.04. The molecule has 0 radical (unpaired) electrons. The highest BCUT2D eigenvalue weighted by atomic mass is 16.5. The first-order valence-corrected chi connectivity index (χ1v) is 7.31. The van der Waals surface area contributed by atoms with Gasteiger partial charge in [-0.15, -0.1) is 0 Å². The first-order valence-electron chi connectivity index (χ1n) is 7.31. The van der Waals surface area contributed by atoms with E-state index in [2.05, 4.69) is 41.4 Å². The lowest BCUT2D eigenvalue weighted by molar-refractivity contribution is -0.00461. The Morgan fingerprint density at radius 1 is 1.20 bits per heavy atom. The van der Waals surface area contributed by atoms with Gasteiger partial charge in [-0.1, -0.05) is 25.1 Å². The number of benzene rings is 1. The summed E-state index contributed by atoms with van der Waals surface area (Å²) in [6.45, 7) is 3.97. The van der Waals surface area contributed by atoms with Crippen LogP contribution in [0.25, 0.3) is 0 Å². The van der Waals surface area contributed by atoms with Crippen LogP contribution in [0, 0.1) is 0 Å². The van der Waals surface area contributed by atoms with Gasteiger partial charge in [-0.05, 0) is 25.1 Å². The van der Waals surface area contributed by atoms with Crippen LogP contribution in [-0.2, 0) is 9.47 Å². The van der Waals surface area contributed by atoms with Gasteiger partial charge in [0.25, 0.3) is 0 Å². The summed E-state index contributed by atoms with van der Waals surface area (Å²) >= 11 is 0. The van der Waals surface area contributed by atoms with E-state index in [0.29, 0.717) is 6.04 Å². The summed E-state index contributed by atoms with van der Waals surface area (Å²) in [4.78, 5) is 2.37. The zero-order chi connectivity index (χ0) is 14.5. The Morgan fingerprint density at radius 3 is 2.30 bits per heavy atom. The van der Waals surface area contributed by atoms with Gasteiger partial charge in [0.05, 0.1) is 0 Å². The zero-order valence-corrected chi connectivity index (χ0v) is 12.9. The second-order valence-electron chi connectivity index (χ2n) is 5.26. The number of nitrogens with one attached hydrogen (secondary N) is 1. The number of rotatable bonds is 6. The van der Waals surface area contributed by atoms with E-state index >= 15 is 0 Å². The molecule has 1 N–H and O–H groups in total. The van der Waals surface area contributed by atoms with Crippen molar-refractivity contribution in [2.24, 2.45) is 0 Å². The van der Waals surface area contributed by atoms with Crippen LogP contribution in [0.4, 0.5) is 5.69 Å². The van der Waals surface area contributed by atoms with Gasteiger partial charge >= 0.3 is 0 Å². The van der Waals surface area contributed by atoms with Gasteiger partial charge < -0.3 is 19.7 Å². The molecule has 0 aliphatic carbocycles. The number of hydrogen-bond acceptors (Lipinski definition) is 4. The maximum atomic E-state index is 5.54. The Morgan fingerprint density at radius 2 is 1.80 bits per heavy atom. The minimum Gasteiger partial charge on any atom is -0.377 e. The van der Waals surface area contributed by atoms with E-state index in [1.54, 1.807) is 14.2 Å². The SMILES string of the molecule is CCC(NC)c1ccccc1N1CC(OC)C(OC)C1. The smallest absolute Gasteiger partial charge is 0.102 e. The molecule has 4 heteroatoms. The molecule has 0 spiro atoms. The lowest BCUT2D eigenvalue weighted by atomic mass is 10.0. The monoisotopic (exact) mass is 278 g/mol. The molecule has 1 heterocycles. The first kappa shape index (κ1) is 15.3. The van der Waals surface area contributed by atoms with Crippen LogP contribution < -0.4 is 10.2 Å². The quantitative estimate of drug-likeness (QED) is 0.865. The van der Waals surface area contributed by atoms with Crippen molar-refractivity contribution in [3.8, 4) is 0 Å². The number of nitrogens with zero attached hydrogens (tertiary/aromatic N) is 1. The molecule has 20 heavy (non-hydrogen) atoms. The summed E-state index contributed by atoms with van der Waals surface area (Å²) in [7, 11) is 5.54. The molecular weight excluding hydrogens is 252 g/mol. The van der Waals surface area contributed by atoms with Crippen molar-refractivity contribution in [1.82, 2.24) is 5.32 Å². The van der Waals surface area contributed by atoms with Crippen molar-refractivity contribution in [2.45, 2.75) is 31.6 Å². The van der Waals surface area contributed by atoms with Crippen molar-refractivity contribution in [3.05, 3.63) is 29.8 Å². The van der Waals surface area contributed by atoms with Gasteiger partial charge in [-0.2, -0.15) is 0 Å². The minimum atomic E-state index is 0.141. The highest BCUT2D eigenvalue weighted by Crippen LogP contribution is 2.31. The molecule has 3 unspecified atom stereocenters. The molecule has 0 aromatic heterocycles. The van der Waals surface area contributed by atoms with E-state index in [4.69, 9.17) is 9.47 Å². The first-order chi connectivity index (χ1) is 9.74. The second kappa shape index (κ2) is 7.07. The van der Waals surface area contributed by atoms with Crippen LogP contribution >= 0.6 is 0 Å². The van der Waals surface area contributed by atoms with Crippen LogP contribution in [0.5, 0.6) is 0 Å². The Hall–Kier alpha value is -1.10. The van der Waals surface area contributed by atoms with Crippen molar-refractivity contribution in [3.63, 3.8) is 0 Å². The van der Waals surface area contributed by atoms with Crippen LogP contribution in [0.1, 0.15) is 24.9 Å². The van der Waals surface area contributed by atoms with Gasteiger partial charge in [0.1, 0.15) is 12.2 Å². The van der Waals surface area contributed by atoms with Gasteiger partial charge in [0.15, 0.2) is 0 Å². The third kappa shape index (κ3) is 2.97. The molecule has 1 saturated heterocycles. The number of para-hydroxylation sites is 1. The average Bonchev–Trinajstić information content (AvgIpc) is 2.92. The maximum absolute atomic E-state index is 5.54. The summed E-state index contributed by atoms with van der Waals surface area (Å²) in [6.07, 6.45) is 1.36. The summed E-state index contributed by atoms with van der Waals surface area (Å²) in [6, 6.07) is 9.00. The lowest BCUT2D eigenvalue weighted by Gasteiger charge is -2.25. The van der Waals surface area contributed by atoms with Gasteiger partial charge in [0.2, 0.25) is 0 Å². The highest BCUT2D eigenvalue weighted by molar-refractivity contribution is 5.56. The topological polar surface area (TPSA) is 33.7 Å². The van der Waals surface area contributed by atoms with Crippen LogP contribution in [0.3, 0.4) is 0 Å². The van der Waals surface area contributed by atoms with E-state index in [0.717, 1.165) is 19.5 Å². The van der Waals surface area contributed by atoms with E-state index in [-0.39, 0.29) is 12.2 Å². The van der Waals surface area contributed by atoms with E-state index in [1.165, 1.54) is 11.3 Å². The summed E-state index contributed by atoms with van der Waals surface area (Å²) in [5, 5.41) is 3.39. The predicted molar refractivity (Wildman–Crippen MR) is 82.3 cm³/mol. The normalized spacial score (nSPS) is 24.1. The Bertz CT molecular complexity index is 409.